The fourth-order valence-corrected chi connectivity index (χ4v) is 2.95. The molecule has 0 aliphatic carbocycles. The molecule has 0 N–H and O–H groups in total. The van der Waals surface area contributed by atoms with Crippen molar-refractivity contribution in [2.45, 2.75) is 6.42 Å². The van der Waals surface area contributed by atoms with Gasteiger partial charge >= 0.3 is 5.97 Å². The SMILES string of the molecule is O=C(CN1CCOCC1)OC[C@H]1CC(=O)N(c2ccccc2)C1. The summed E-state index contributed by atoms with van der Waals surface area (Å²) in [6.45, 7) is 4.06. The van der Waals surface area contributed by atoms with Gasteiger partial charge in [-0.25, -0.2) is 0 Å². The van der Waals surface area contributed by atoms with Gasteiger partial charge in [-0.2, -0.15) is 0 Å². The molecule has 0 radical (unpaired) electrons. The number of benzene rings is 1. The number of anilines is 1. The molecule has 1 atom stereocenters. The zero-order valence-corrected chi connectivity index (χ0v) is 13.1. The molecule has 2 aliphatic heterocycles. The number of esters is 1. The molecule has 6 heteroatoms. The number of hydrogen-bond donors (Lipinski definition) is 0. The minimum absolute atomic E-state index is 0.0661. The van der Waals surface area contributed by atoms with Crippen molar-refractivity contribution >= 4 is 17.6 Å². The van der Waals surface area contributed by atoms with Crippen molar-refractivity contribution in [2.24, 2.45) is 5.92 Å². The van der Waals surface area contributed by atoms with Gasteiger partial charge < -0.3 is 14.4 Å². The van der Waals surface area contributed by atoms with Crippen molar-refractivity contribution in [3.05, 3.63) is 30.3 Å². The summed E-state index contributed by atoms with van der Waals surface area (Å²) in [7, 11) is 0. The third-order valence-corrected chi connectivity index (χ3v) is 4.21. The van der Waals surface area contributed by atoms with Gasteiger partial charge in [-0.3, -0.25) is 14.5 Å². The van der Waals surface area contributed by atoms with Crippen LogP contribution in [-0.4, -0.2) is 62.8 Å². The molecule has 0 aromatic heterocycles. The van der Waals surface area contributed by atoms with Crippen molar-refractivity contribution in [1.82, 2.24) is 4.90 Å². The average Bonchev–Trinajstić information content (AvgIpc) is 2.96. The smallest absolute Gasteiger partial charge is 0.320 e. The maximum absolute atomic E-state index is 12.1. The monoisotopic (exact) mass is 318 g/mol. The Kier molecular flexibility index (Phi) is 5.25. The van der Waals surface area contributed by atoms with Gasteiger partial charge in [0, 0.05) is 37.7 Å². The second-order valence-corrected chi connectivity index (χ2v) is 5.98. The van der Waals surface area contributed by atoms with E-state index in [-0.39, 0.29) is 17.8 Å². The van der Waals surface area contributed by atoms with Crippen LogP contribution < -0.4 is 4.90 Å². The van der Waals surface area contributed by atoms with Gasteiger partial charge in [0.05, 0.1) is 26.4 Å². The fourth-order valence-electron chi connectivity index (χ4n) is 2.95. The maximum Gasteiger partial charge on any atom is 0.320 e. The van der Waals surface area contributed by atoms with Gasteiger partial charge in [-0.05, 0) is 12.1 Å². The first-order valence-electron chi connectivity index (χ1n) is 8.03. The minimum Gasteiger partial charge on any atom is -0.464 e. The van der Waals surface area contributed by atoms with Gasteiger partial charge in [0.15, 0.2) is 0 Å². The van der Waals surface area contributed by atoms with Crippen LogP contribution in [-0.2, 0) is 19.1 Å². The van der Waals surface area contributed by atoms with Crippen molar-refractivity contribution in [3.8, 4) is 0 Å². The van der Waals surface area contributed by atoms with Crippen LogP contribution in [0.2, 0.25) is 0 Å². The van der Waals surface area contributed by atoms with E-state index in [0.29, 0.717) is 39.3 Å². The lowest BCUT2D eigenvalue weighted by Crippen LogP contribution is -2.40. The topological polar surface area (TPSA) is 59.1 Å². The average molecular weight is 318 g/mol. The van der Waals surface area contributed by atoms with E-state index >= 15 is 0 Å². The Bertz CT molecular complexity index is 543. The number of carbonyl (C=O) groups is 2. The lowest BCUT2D eigenvalue weighted by atomic mass is 10.1. The summed E-state index contributed by atoms with van der Waals surface area (Å²) in [6.07, 6.45) is 0.430. The number of morpholine rings is 1. The first kappa shape index (κ1) is 16.0. The zero-order valence-electron chi connectivity index (χ0n) is 13.1. The molecule has 0 spiro atoms. The van der Waals surface area contributed by atoms with Crippen LogP contribution in [0.3, 0.4) is 0 Å². The van der Waals surface area contributed by atoms with Crippen molar-refractivity contribution < 1.29 is 19.1 Å². The third-order valence-electron chi connectivity index (χ3n) is 4.21. The Morgan fingerprint density at radius 1 is 1.22 bits per heavy atom. The van der Waals surface area contributed by atoms with Crippen LogP contribution in [0.25, 0.3) is 0 Å². The zero-order chi connectivity index (χ0) is 16.1. The van der Waals surface area contributed by atoms with Gasteiger partial charge in [-0.1, -0.05) is 18.2 Å². The Hall–Kier alpha value is -1.92. The van der Waals surface area contributed by atoms with Crippen LogP contribution in [0.1, 0.15) is 6.42 Å². The number of ether oxygens (including phenoxy) is 2. The van der Waals surface area contributed by atoms with E-state index in [1.54, 1.807) is 4.90 Å². The number of rotatable bonds is 5. The van der Waals surface area contributed by atoms with Gasteiger partial charge in [0.2, 0.25) is 5.91 Å². The van der Waals surface area contributed by atoms with E-state index in [9.17, 15) is 9.59 Å². The largest absolute Gasteiger partial charge is 0.464 e. The first-order valence-corrected chi connectivity index (χ1v) is 8.03. The van der Waals surface area contributed by atoms with Gasteiger partial charge in [0.25, 0.3) is 0 Å². The second-order valence-electron chi connectivity index (χ2n) is 5.98. The van der Waals surface area contributed by atoms with Crippen LogP contribution in [0, 0.1) is 5.92 Å². The molecule has 0 bridgehead atoms. The molecule has 2 saturated heterocycles. The minimum atomic E-state index is -0.225. The van der Waals surface area contributed by atoms with Crippen molar-refractivity contribution in [3.63, 3.8) is 0 Å². The number of para-hydroxylation sites is 1. The number of carbonyl (C=O) groups excluding carboxylic acids is 2. The number of amides is 1. The molecule has 6 nitrogen and oxygen atoms in total. The van der Waals surface area contributed by atoms with Crippen LogP contribution in [0.4, 0.5) is 5.69 Å². The molecule has 0 unspecified atom stereocenters. The molecule has 124 valence electrons. The summed E-state index contributed by atoms with van der Waals surface area (Å²) < 4.78 is 10.6. The highest BCUT2D eigenvalue weighted by molar-refractivity contribution is 5.95. The summed E-state index contributed by atoms with van der Waals surface area (Å²) in [6, 6.07) is 9.60. The maximum atomic E-state index is 12.1. The Balaban J connectivity index is 1.44. The van der Waals surface area contributed by atoms with Crippen LogP contribution in [0.5, 0.6) is 0 Å². The highest BCUT2D eigenvalue weighted by atomic mass is 16.5. The highest BCUT2D eigenvalue weighted by Crippen LogP contribution is 2.24. The Morgan fingerprint density at radius 3 is 2.70 bits per heavy atom. The first-order chi connectivity index (χ1) is 11.2. The van der Waals surface area contributed by atoms with E-state index in [1.807, 2.05) is 35.2 Å². The molecule has 2 fully saturated rings. The summed E-state index contributed by atoms with van der Waals surface area (Å²) in [5.41, 5.74) is 0.902. The normalized spacial score (nSPS) is 22.3. The summed E-state index contributed by atoms with van der Waals surface area (Å²) in [5, 5.41) is 0. The standard InChI is InChI=1S/C17H22N2O4/c20-16-10-14(11-19(16)15-4-2-1-3-5-15)13-23-17(21)12-18-6-8-22-9-7-18/h1-5,14H,6-13H2/t14-/m0/s1. The molecule has 0 saturated carbocycles. The Labute approximate surface area is 136 Å². The molecule has 2 heterocycles. The van der Waals surface area contributed by atoms with E-state index in [2.05, 4.69) is 0 Å². The van der Waals surface area contributed by atoms with E-state index in [1.165, 1.54) is 0 Å². The molecular formula is C17H22N2O4. The summed E-state index contributed by atoms with van der Waals surface area (Å²) in [4.78, 5) is 27.8. The number of hydrogen-bond acceptors (Lipinski definition) is 5. The molecule has 23 heavy (non-hydrogen) atoms. The predicted octanol–water partition coefficient (Wildman–Crippen LogP) is 0.915. The van der Waals surface area contributed by atoms with Gasteiger partial charge in [-0.15, -0.1) is 0 Å². The van der Waals surface area contributed by atoms with E-state index in [0.717, 1.165) is 18.8 Å². The number of nitrogens with zero attached hydrogens (tertiary/aromatic N) is 2. The van der Waals surface area contributed by atoms with Crippen molar-refractivity contribution in [2.75, 3.05) is 50.9 Å². The molecule has 3 rings (SSSR count). The lowest BCUT2D eigenvalue weighted by Gasteiger charge is -2.25. The summed E-state index contributed by atoms with van der Waals surface area (Å²) >= 11 is 0. The van der Waals surface area contributed by atoms with Crippen molar-refractivity contribution in [1.29, 1.82) is 0 Å². The van der Waals surface area contributed by atoms with Crippen LogP contribution >= 0.6 is 0 Å². The summed E-state index contributed by atoms with van der Waals surface area (Å²) in [5.74, 6) is -0.0701. The molecule has 1 aromatic rings. The quantitative estimate of drug-likeness (QED) is 0.756. The molecule has 2 aliphatic rings. The Morgan fingerprint density at radius 2 is 1.96 bits per heavy atom. The fraction of sp³-hybridized carbons (Fsp3) is 0.529. The van der Waals surface area contributed by atoms with Crippen LogP contribution in [0.15, 0.2) is 30.3 Å². The molecule has 1 amide bonds. The van der Waals surface area contributed by atoms with E-state index < -0.39 is 0 Å². The second kappa shape index (κ2) is 7.57. The predicted molar refractivity (Wildman–Crippen MR) is 85.1 cm³/mol. The lowest BCUT2D eigenvalue weighted by molar-refractivity contribution is -0.147. The molecular weight excluding hydrogens is 296 g/mol. The molecule has 1 aromatic carbocycles. The van der Waals surface area contributed by atoms with Gasteiger partial charge in [0.1, 0.15) is 0 Å². The third kappa shape index (κ3) is 4.30. The van der Waals surface area contributed by atoms with E-state index in [4.69, 9.17) is 9.47 Å². The highest BCUT2D eigenvalue weighted by Gasteiger charge is 2.31.